The van der Waals surface area contributed by atoms with Crippen molar-refractivity contribution in [1.82, 2.24) is 4.90 Å². The maximum absolute atomic E-state index is 12.6. The Morgan fingerprint density at radius 1 is 1.15 bits per heavy atom. The predicted molar refractivity (Wildman–Crippen MR) is 101 cm³/mol. The summed E-state index contributed by atoms with van der Waals surface area (Å²) in [6.45, 7) is 0.946. The zero-order valence-corrected chi connectivity index (χ0v) is 15.7. The van der Waals surface area contributed by atoms with E-state index in [-0.39, 0.29) is 25.0 Å². The van der Waals surface area contributed by atoms with Gasteiger partial charge in [0.15, 0.2) is 11.5 Å². The van der Waals surface area contributed by atoms with Crippen LogP contribution in [0.25, 0.3) is 0 Å². The lowest BCUT2D eigenvalue weighted by molar-refractivity contribution is -0.128. The van der Waals surface area contributed by atoms with Crippen LogP contribution in [0.3, 0.4) is 0 Å². The lowest BCUT2D eigenvalue weighted by Gasteiger charge is -2.17. The smallest absolute Gasteiger partial charge is 0.231 e. The molecule has 0 aliphatic carbocycles. The molecule has 4 rings (SSSR count). The summed E-state index contributed by atoms with van der Waals surface area (Å²) in [6, 6.07) is 10.6. The minimum atomic E-state index is -0.459. The van der Waals surface area contributed by atoms with Crippen molar-refractivity contribution in [3.05, 3.63) is 52.0 Å². The van der Waals surface area contributed by atoms with Gasteiger partial charge in [0.05, 0.1) is 21.7 Å². The van der Waals surface area contributed by atoms with Crippen LogP contribution in [-0.4, -0.2) is 30.1 Å². The van der Waals surface area contributed by atoms with E-state index < -0.39 is 5.92 Å². The summed E-state index contributed by atoms with van der Waals surface area (Å²) in [5.74, 6) is 0.561. The molecule has 2 aliphatic rings. The highest BCUT2D eigenvalue weighted by Crippen LogP contribution is 2.34. The second kappa shape index (κ2) is 7.29. The zero-order valence-electron chi connectivity index (χ0n) is 14.2. The third-order valence-electron chi connectivity index (χ3n) is 4.61. The summed E-state index contributed by atoms with van der Waals surface area (Å²) >= 11 is 12.2. The van der Waals surface area contributed by atoms with Crippen molar-refractivity contribution < 1.29 is 19.1 Å². The van der Waals surface area contributed by atoms with Crippen LogP contribution in [0.15, 0.2) is 36.4 Å². The largest absolute Gasteiger partial charge is 0.454 e. The molecule has 1 unspecified atom stereocenters. The van der Waals surface area contributed by atoms with Gasteiger partial charge in [-0.05, 0) is 29.8 Å². The molecule has 0 saturated carbocycles. The van der Waals surface area contributed by atoms with Crippen molar-refractivity contribution in [1.29, 1.82) is 0 Å². The van der Waals surface area contributed by atoms with Gasteiger partial charge in [0.1, 0.15) is 0 Å². The van der Waals surface area contributed by atoms with Crippen LogP contribution >= 0.6 is 23.2 Å². The number of anilines is 1. The van der Waals surface area contributed by atoms with Gasteiger partial charge in [-0.25, -0.2) is 0 Å². The first-order chi connectivity index (χ1) is 13.0. The molecule has 1 atom stereocenters. The lowest BCUT2D eigenvalue weighted by atomic mass is 10.1. The number of halogens is 2. The van der Waals surface area contributed by atoms with Gasteiger partial charge >= 0.3 is 0 Å². The van der Waals surface area contributed by atoms with Gasteiger partial charge in [-0.1, -0.05) is 35.3 Å². The fourth-order valence-corrected chi connectivity index (χ4v) is 3.69. The van der Waals surface area contributed by atoms with Crippen LogP contribution in [0.5, 0.6) is 11.5 Å². The molecule has 1 N–H and O–H groups in total. The molecule has 8 heteroatoms. The molecule has 27 heavy (non-hydrogen) atoms. The molecule has 2 aromatic rings. The molecular weight excluding hydrogens is 391 g/mol. The highest BCUT2D eigenvalue weighted by molar-refractivity contribution is 6.39. The third-order valence-corrected chi connectivity index (χ3v) is 5.24. The average Bonchev–Trinajstić information content (AvgIpc) is 3.25. The summed E-state index contributed by atoms with van der Waals surface area (Å²) in [5.41, 5.74) is 1.29. The van der Waals surface area contributed by atoms with E-state index in [1.165, 1.54) is 0 Å². The van der Waals surface area contributed by atoms with Crippen molar-refractivity contribution in [2.45, 2.75) is 13.0 Å². The summed E-state index contributed by atoms with van der Waals surface area (Å²) in [7, 11) is 0. The van der Waals surface area contributed by atoms with Crippen molar-refractivity contribution in [3.8, 4) is 11.5 Å². The normalized spacial score (nSPS) is 18.1. The van der Waals surface area contributed by atoms with E-state index in [1.807, 2.05) is 18.2 Å². The summed E-state index contributed by atoms with van der Waals surface area (Å²) in [4.78, 5) is 26.6. The molecule has 2 aliphatic heterocycles. The fourth-order valence-electron chi connectivity index (χ4n) is 3.20. The second-order valence-corrected chi connectivity index (χ2v) is 7.26. The van der Waals surface area contributed by atoms with Gasteiger partial charge in [0, 0.05) is 19.5 Å². The van der Waals surface area contributed by atoms with E-state index in [1.54, 1.807) is 23.1 Å². The summed E-state index contributed by atoms with van der Waals surface area (Å²) < 4.78 is 10.7. The topological polar surface area (TPSA) is 67.9 Å². The molecule has 0 bridgehead atoms. The van der Waals surface area contributed by atoms with Gasteiger partial charge < -0.3 is 19.7 Å². The van der Waals surface area contributed by atoms with Gasteiger partial charge in [0.25, 0.3) is 0 Å². The van der Waals surface area contributed by atoms with Crippen LogP contribution in [0.4, 0.5) is 5.69 Å². The van der Waals surface area contributed by atoms with E-state index >= 15 is 0 Å². The first-order valence-electron chi connectivity index (χ1n) is 8.42. The number of likely N-dealkylation sites (tertiary alicyclic amines) is 1. The highest BCUT2D eigenvalue weighted by atomic mass is 35.5. The number of carbonyl (C=O) groups is 2. The number of fused-ring (bicyclic) bond motifs is 1. The molecule has 0 spiro atoms. The molecule has 2 amide bonds. The number of carbonyl (C=O) groups excluding carboxylic acids is 2. The van der Waals surface area contributed by atoms with Crippen molar-refractivity contribution in [2.75, 3.05) is 18.7 Å². The van der Waals surface area contributed by atoms with Gasteiger partial charge in [-0.15, -0.1) is 0 Å². The minimum Gasteiger partial charge on any atom is -0.454 e. The minimum absolute atomic E-state index is 0.0712. The number of nitrogens with one attached hydrogen (secondary N) is 1. The zero-order chi connectivity index (χ0) is 19.0. The second-order valence-electron chi connectivity index (χ2n) is 6.45. The highest BCUT2D eigenvalue weighted by Gasteiger charge is 2.34. The van der Waals surface area contributed by atoms with E-state index in [2.05, 4.69) is 5.32 Å². The summed E-state index contributed by atoms with van der Waals surface area (Å²) in [6.07, 6.45) is 0.151. The SMILES string of the molecule is O=C(Nc1c(Cl)cccc1Cl)C1CC(=O)N(Cc2ccc3c(c2)OCO3)C1. The standard InChI is InChI=1S/C19H16Cl2N2O4/c20-13-2-1-3-14(21)18(13)22-19(25)12-7-17(24)23(9-12)8-11-4-5-15-16(6-11)27-10-26-15/h1-6,12H,7-10H2,(H,22,25). The monoisotopic (exact) mass is 406 g/mol. The third kappa shape index (κ3) is 3.68. The number of para-hydroxylation sites is 1. The number of hydrogen-bond acceptors (Lipinski definition) is 4. The number of amides is 2. The Hall–Kier alpha value is -2.44. The van der Waals surface area contributed by atoms with Gasteiger partial charge in [-0.2, -0.15) is 0 Å². The molecule has 1 fully saturated rings. The van der Waals surface area contributed by atoms with Crippen LogP contribution in [0.1, 0.15) is 12.0 Å². The summed E-state index contributed by atoms with van der Waals surface area (Å²) in [5, 5.41) is 3.46. The van der Waals surface area contributed by atoms with E-state index in [0.717, 1.165) is 5.56 Å². The molecule has 140 valence electrons. The first kappa shape index (κ1) is 17.9. The molecular formula is C19H16Cl2N2O4. The van der Waals surface area contributed by atoms with E-state index in [0.29, 0.717) is 40.3 Å². The van der Waals surface area contributed by atoms with Crippen molar-refractivity contribution in [3.63, 3.8) is 0 Å². The molecule has 6 nitrogen and oxygen atoms in total. The van der Waals surface area contributed by atoms with E-state index in [4.69, 9.17) is 32.7 Å². The molecule has 2 aromatic carbocycles. The fraction of sp³-hybridized carbons (Fsp3) is 0.263. The van der Waals surface area contributed by atoms with Gasteiger partial charge in [0.2, 0.25) is 18.6 Å². The van der Waals surface area contributed by atoms with Crippen LogP contribution in [0, 0.1) is 5.92 Å². The maximum Gasteiger partial charge on any atom is 0.231 e. The molecule has 0 aromatic heterocycles. The number of hydrogen-bond donors (Lipinski definition) is 1. The number of rotatable bonds is 4. The Labute approximate surface area is 165 Å². The number of ether oxygens (including phenoxy) is 2. The predicted octanol–water partition coefficient (Wildman–Crippen LogP) is 3.71. The maximum atomic E-state index is 12.6. The number of benzene rings is 2. The Morgan fingerprint density at radius 3 is 2.67 bits per heavy atom. The quantitative estimate of drug-likeness (QED) is 0.839. The van der Waals surface area contributed by atoms with Crippen molar-refractivity contribution >= 4 is 40.7 Å². The molecule has 0 radical (unpaired) electrons. The first-order valence-corrected chi connectivity index (χ1v) is 9.18. The van der Waals surface area contributed by atoms with Gasteiger partial charge in [-0.3, -0.25) is 9.59 Å². The van der Waals surface area contributed by atoms with Crippen LogP contribution < -0.4 is 14.8 Å². The Bertz CT molecular complexity index is 898. The lowest BCUT2D eigenvalue weighted by Crippen LogP contribution is -2.28. The van der Waals surface area contributed by atoms with Crippen LogP contribution in [0.2, 0.25) is 10.0 Å². The molecule has 1 saturated heterocycles. The van der Waals surface area contributed by atoms with Crippen LogP contribution in [-0.2, 0) is 16.1 Å². The Kier molecular flexibility index (Phi) is 4.85. The number of nitrogens with zero attached hydrogens (tertiary/aromatic N) is 1. The molecule has 2 heterocycles. The average molecular weight is 407 g/mol. The van der Waals surface area contributed by atoms with Crippen molar-refractivity contribution in [2.24, 2.45) is 5.92 Å². The van der Waals surface area contributed by atoms with E-state index in [9.17, 15) is 9.59 Å². The Morgan fingerprint density at radius 2 is 1.89 bits per heavy atom. The Balaban J connectivity index is 1.42.